The molecule has 0 aromatic heterocycles. The number of carbonyl (C=O) groups is 2. The van der Waals surface area contributed by atoms with Gasteiger partial charge in [0, 0.05) is 12.1 Å². The number of aryl methyl sites for hydroxylation is 3. The fourth-order valence-electron chi connectivity index (χ4n) is 3.12. The van der Waals surface area contributed by atoms with Gasteiger partial charge in [0.15, 0.2) is 0 Å². The molecule has 4 heteroatoms. The number of hydrogen-bond donors (Lipinski definition) is 1. The molecule has 23 heavy (non-hydrogen) atoms. The molecule has 0 radical (unpaired) electrons. The molecule has 1 aliphatic heterocycles. The Morgan fingerprint density at radius 1 is 1.13 bits per heavy atom. The van der Waals surface area contributed by atoms with E-state index in [9.17, 15) is 9.59 Å². The minimum atomic E-state index is -0.569. The predicted octanol–water partition coefficient (Wildman–Crippen LogP) is 3.64. The van der Waals surface area contributed by atoms with Crippen molar-refractivity contribution < 1.29 is 14.3 Å². The Balaban J connectivity index is 1.92. The van der Waals surface area contributed by atoms with Crippen molar-refractivity contribution in [3.8, 4) is 5.75 Å². The van der Waals surface area contributed by atoms with Crippen LogP contribution in [0.25, 0.3) is 0 Å². The van der Waals surface area contributed by atoms with E-state index in [1.165, 1.54) is 0 Å². The zero-order valence-corrected chi connectivity index (χ0v) is 13.5. The molecule has 0 saturated carbocycles. The molecule has 4 nitrogen and oxygen atoms in total. The number of para-hydroxylation sites is 1. The molecule has 2 aromatic rings. The Kier molecular flexibility index (Phi) is 3.90. The third-order valence-electron chi connectivity index (χ3n) is 4.09. The number of rotatable bonds is 2. The molecule has 0 saturated heterocycles. The molecule has 3 rings (SSSR count). The van der Waals surface area contributed by atoms with Gasteiger partial charge in [0.25, 0.3) is 0 Å². The van der Waals surface area contributed by atoms with Crippen LogP contribution in [0.1, 0.15) is 34.6 Å². The SMILES string of the molecule is Cc1cc(C)c(OC(=O)C2CC(=O)Nc3ccccc32)c(C)c1. The molecule has 118 valence electrons. The Labute approximate surface area is 135 Å². The van der Waals surface area contributed by atoms with Gasteiger partial charge in [0.2, 0.25) is 5.91 Å². The molecular formula is C19H19NO3. The number of hydrogen-bond acceptors (Lipinski definition) is 3. The summed E-state index contributed by atoms with van der Waals surface area (Å²) in [6.45, 7) is 5.85. The first-order valence-corrected chi connectivity index (χ1v) is 7.64. The normalized spacial score (nSPS) is 16.5. The number of esters is 1. The van der Waals surface area contributed by atoms with Gasteiger partial charge in [0.1, 0.15) is 5.75 Å². The van der Waals surface area contributed by atoms with Gasteiger partial charge in [-0.2, -0.15) is 0 Å². The summed E-state index contributed by atoms with van der Waals surface area (Å²) in [5.41, 5.74) is 4.46. The van der Waals surface area contributed by atoms with Gasteiger partial charge in [0.05, 0.1) is 5.92 Å². The van der Waals surface area contributed by atoms with Crippen LogP contribution in [0.2, 0.25) is 0 Å². The number of amides is 1. The average Bonchev–Trinajstić information content (AvgIpc) is 2.49. The van der Waals surface area contributed by atoms with Crippen molar-refractivity contribution in [1.29, 1.82) is 0 Å². The first kappa shape index (κ1) is 15.3. The first-order chi connectivity index (χ1) is 11.0. The van der Waals surface area contributed by atoms with Crippen molar-refractivity contribution in [2.24, 2.45) is 0 Å². The molecule has 1 unspecified atom stereocenters. The highest BCUT2D eigenvalue weighted by Crippen LogP contribution is 2.34. The van der Waals surface area contributed by atoms with Gasteiger partial charge in [-0.15, -0.1) is 0 Å². The van der Waals surface area contributed by atoms with E-state index >= 15 is 0 Å². The summed E-state index contributed by atoms with van der Waals surface area (Å²) < 4.78 is 5.66. The predicted molar refractivity (Wildman–Crippen MR) is 88.7 cm³/mol. The van der Waals surface area contributed by atoms with Crippen LogP contribution >= 0.6 is 0 Å². The summed E-state index contributed by atoms with van der Waals surface area (Å²) in [7, 11) is 0. The largest absolute Gasteiger partial charge is 0.425 e. The van der Waals surface area contributed by atoms with Crippen LogP contribution in [0, 0.1) is 20.8 Å². The topological polar surface area (TPSA) is 55.4 Å². The lowest BCUT2D eigenvalue weighted by atomic mass is 9.90. The van der Waals surface area contributed by atoms with Gasteiger partial charge < -0.3 is 10.1 Å². The molecule has 0 aliphatic carbocycles. The zero-order chi connectivity index (χ0) is 16.6. The lowest BCUT2D eigenvalue weighted by molar-refractivity contribution is -0.138. The Bertz CT molecular complexity index is 772. The van der Waals surface area contributed by atoms with Crippen LogP contribution in [-0.4, -0.2) is 11.9 Å². The van der Waals surface area contributed by atoms with E-state index in [0.717, 1.165) is 22.3 Å². The summed E-state index contributed by atoms with van der Waals surface area (Å²) >= 11 is 0. The molecule has 1 amide bonds. The summed E-state index contributed by atoms with van der Waals surface area (Å²) in [6, 6.07) is 11.3. The second kappa shape index (κ2) is 5.88. The number of carbonyl (C=O) groups excluding carboxylic acids is 2. The van der Waals surface area contributed by atoms with Crippen molar-refractivity contribution >= 4 is 17.6 Å². The van der Waals surface area contributed by atoms with Crippen LogP contribution in [0.4, 0.5) is 5.69 Å². The molecule has 0 bridgehead atoms. The quantitative estimate of drug-likeness (QED) is 0.680. The first-order valence-electron chi connectivity index (χ1n) is 7.64. The molecular weight excluding hydrogens is 290 g/mol. The third kappa shape index (κ3) is 2.97. The van der Waals surface area contributed by atoms with Crippen LogP contribution < -0.4 is 10.1 Å². The van der Waals surface area contributed by atoms with E-state index in [4.69, 9.17) is 4.74 Å². The summed E-state index contributed by atoms with van der Waals surface area (Å²) in [4.78, 5) is 24.5. The number of nitrogens with one attached hydrogen (secondary N) is 1. The molecule has 1 aliphatic rings. The number of benzene rings is 2. The summed E-state index contributed by atoms with van der Waals surface area (Å²) in [5, 5.41) is 2.79. The fraction of sp³-hybridized carbons (Fsp3) is 0.263. The molecule has 0 spiro atoms. The van der Waals surface area contributed by atoms with Crippen molar-refractivity contribution in [2.45, 2.75) is 33.1 Å². The minimum Gasteiger partial charge on any atom is -0.425 e. The van der Waals surface area contributed by atoms with E-state index < -0.39 is 5.92 Å². The maximum atomic E-state index is 12.7. The highest BCUT2D eigenvalue weighted by Gasteiger charge is 2.32. The van der Waals surface area contributed by atoms with Crippen LogP contribution in [-0.2, 0) is 9.59 Å². The van der Waals surface area contributed by atoms with E-state index in [1.807, 2.05) is 51.1 Å². The second-order valence-electron chi connectivity index (χ2n) is 6.04. The Morgan fingerprint density at radius 3 is 2.48 bits per heavy atom. The Morgan fingerprint density at radius 2 is 1.78 bits per heavy atom. The molecule has 0 fully saturated rings. The van der Waals surface area contributed by atoms with Crippen LogP contribution in [0.5, 0.6) is 5.75 Å². The lowest BCUT2D eigenvalue weighted by Gasteiger charge is -2.24. The zero-order valence-electron chi connectivity index (χ0n) is 13.5. The van der Waals surface area contributed by atoms with E-state index in [1.54, 1.807) is 6.07 Å². The minimum absolute atomic E-state index is 0.111. The van der Waals surface area contributed by atoms with Crippen LogP contribution in [0.15, 0.2) is 36.4 Å². The summed E-state index contributed by atoms with van der Waals surface area (Å²) in [5.74, 6) is -0.533. The standard InChI is InChI=1S/C19H19NO3/c1-11-8-12(2)18(13(3)9-11)23-19(22)15-10-17(21)20-16-7-5-4-6-14(15)16/h4-9,15H,10H2,1-3H3,(H,20,21). The average molecular weight is 309 g/mol. The van der Waals surface area contributed by atoms with Gasteiger partial charge in [-0.1, -0.05) is 35.9 Å². The third-order valence-corrected chi connectivity index (χ3v) is 4.09. The van der Waals surface area contributed by atoms with Gasteiger partial charge in [-0.25, -0.2) is 0 Å². The van der Waals surface area contributed by atoms with E-state index in [2.05, 4.69) is 5.32 Å². The molecule has 1 N–H and O–H groups in total. The number of fused-ring (bicyclic) bond motifs is 1. The van der Waals surface area contributed by atoms with Crippen molar-refractivity contribution in [1.82, 2.24) is 0 Å². The van der Waals surface area contributed by atoms with E-state index in [-0.39, 0.29) is 18.3 Å². The molecule has 1 atom stereocenters. The summed E-state index contributed by atoms with van der Waals surface area (Å²) in [6.07, 6.45) is 0.111. The second-order valence-corrected chi connectivity index (χ2v) is 6.04. The molecule has 2 aromatic carbocycles. The van der Waals surface area contributed by atoms with Gasteiger partial charge in [-0.05, 0) is 43.5 Å². The monoisotopic (exact) mass is 309 g/mol. The smallest absolute Gasteiger partial charge is 0.319 e. The maximum Gasteiger partial charge on any atom is 0.319 e. The highest BCUT2D eigenvalue weighted by atomic mass is 16.5. The van der Waals surface area contributed by atoms with Gasteiger partial charge >= 0.3 is 5.97 Å². The van der Waals surface area contributed by atoms with Gasteiger partial charge in [-0.3, -0.25) is 9.59 Å². The van der Waals surface area contributed by atoms with Crippen molar-refractivity contribution in [3.63, 3.8) is 0 Å². The Hall–Kier alpha value is -2.62. The van der Waals surface area contributed by atoms with Crippen LogP contribution in [0.3, 0.4) is 0 Å². The van der Waals surface area contributed by atoms with E-state index in [0.29, 0.717) is 11.4 Å². The highest BCUT2D eigenvalue weighted by molar-refractivity contribution is 6.00. The lowest BCUT2D eigenvalue weighted by Crippen LogP contribution is -2.30. The fourth-order valence-corrected chi connectivity index (χ4v) is 3.12. The molecule has 1 heterocycles. The maximum absolute atomic E-state index is 12.7. The van der Waals surface area contributed by atoms with Crippen molar-refractivity contribution in [3.05, 3.63) is 58.7 Å². The number of anilines is 1. The number of ether oxygens (including phenoxy) is 1. The van der Waals surface area contributed by atoms with Crippen molar-refractivity contribution in [2.75, 3.05) is 5.32 Å².